The Morgan fingerprint density at radius 2 is 2.00 bits per heavy atom. The molecule has 0 spiro atoms. The highest BCUT2D eigenvalue weighted by atomic mass is 79.9. The lowest BCUT2D eigenvalue weighted by atomic mass is 9.99. The fraction of sp³-hybridized carbons (Fsp3) is 0.500. The highest BCUT2D eigenvalue weighted by Crippen LogP contribution is 2.67. The maximum Gasteiger partial charge on any atom is 0.130 e. The van der Waals surface area contributed by atoms with E-state index in [4.69, 9.17) is 0 Å². The Bertz CT molecular complexity index is 388. The predicted molar refractivity (Wildman–Crippen MR) is 58.8 cm³/mol. The molecule has 2 unspecified atom stereocenters. The third kappa shape index (κ3) is 1.16. The number of hydrogen-bond donors (Lipinski definition) is 1. The average Bonchev–Trinajstić information content (AvgIpc) is 2.63. The van der Waals surface area contributed by atoms with Crippen LogP contribution >= 0.6 is 15.9 Å². The lowest BCUT2D eigenvalue weighted by Crippen LogP contribution is -2.16. The second-order valence-electron chi connectivity index (χ2n) is 4.57. The van der Waals surface area contributed by atoms with Crippen molar-refractivity contribution in [1.29, 1.82) is 0 Å². The molecule has 2 saturated carbocycles. The highest BCUT2D eigenvalue weighted by molar-refractivity contribution is 9.10. The Morgan fingerprint density at radius 1 is 1.33 bits per heavy atom. The van der Waals surface area contributed by atoms with Crippen LogP contribution in [-0.4, -0.2) is 5.11 Å². The molecule has 0 radical (unpaired) electrons. The summed E-state index contributed by atoms with van der Waals surface area (Å²) in [6, 6.07) is 4.88. The molecular weight excluding hydrogens is 259 g/mol. The van der Waals surface area contributed by atoms with Crippen molar-refractivity contribution >= 4 is 15.9 Å². The number of hydrogen-bond acceptors (Lipinski definition) is 1. The lowest BCUT2D eigenvalue weighted by molar-refractivity contribution is 0.100. The van der Waals surface area contributed by atoms with Gasteiger partial charge in [0, 0.05) is 10.0 Å². The van der Waals surface area contributed by atoms with Crippen LogP contribution in [0.25, 0.3) is 0 Å². The standard InChI is InChI=1S/C12H12BrFO/c13-9-5-2-6-10(14)11(9)12(15)7-3-1-4-8(7)12/h2,5-8,15H,1,3-4H2. The smallest absolute Gasteiger partial charge is 0.130 e. The van der Waals surface area contributed by atoms with Gasteiger partial charge in [-0.3, -0.25) is 0 Å². The molecule has 0 amide bonds. The first kappa shape index (κ1) is 9.79. The molecule has 0 heterocycles. The fourth-order valence-corrected chi connectivity index (χ4v) is 3.83. The molecule has 1 N–H and O–H groups in total. The quantitative estimate of drug-likeness (QED) is 0.831. The van der Waals surface area contributed by atoms with Gasteiger partial charge in [0.05, 0.1) is 5.60 Å². The molecule has 0 aliphatic heterocycles. The highest BCUT2D eigenvalue weighted by Gasteiger charge is 2.67. The summed E-state index contributed by atoms with van der Waals surface area (Å²) in [6.07, 6.45) is 3.23. The first-order valence-electron chi connectivity index (χ1n) is 5.32. The molecule has 0 aromatic heterocycles. The summed E-state index contributed by atoms with van der Waals surface area (Å²) in [5, 5.41) is 10.5. The van der Waals surface area contributed by atoms with Gasteiger partial charge < -0.3 is 5.11 Å². The number of rotatable bonds is 1. The second-order valence-corrected chi connectivity index (χ2v) is 5.42. The van der Waals surface area contributed by atoms with Gasteiger partial charge >= 0.3 is 0 Å². The van der Waals surface area contributed by atoms with E-state index in [0.29, 0.717) is 10.0 Å². The molecule has 80 valence electrons. The largest absolute Gasteiger partial charge is 0.384 e. The molecule has 2 atom stereocenters. The van der Waals surface area contributed by atoms with Crippen LogP contribution in [0.15, 0.2) is 22.7 Å². The van der Waals surface area contributed by atoms with Crippen LogP contribution in [-0.2, 0) is 5.60 Å². The Morgan fingerprint density at radius 3 is 2.60 bits per heavy atom. The van der Waals surface area contributed by atoms with Gasteiger partial charge in [-0.2, -0.15) is 0 Å². The summed E-state index contributed by atoms with van der Waals surface area (Å²) in [6.45, 7) is 0. The molecule has 2 aliphatic rings. The van der Waals surface area contributed by atoms with Crippen molar-refractivity contribution in [1.82, 2.24) is 0 Å². The zero-order valence-electron chi connectivity index (χ0n) is 8.21. The zero-order valence-corrected chi connectivity index (χ0v) is 9.80. The van der Waals surface area contributed by atoms with Crippen LogP contribution in [0, 0.1) is 17.7 Å². The number of fused-ring (bicyclic) bond motifs is 1. The van der Waals surface area contributed by atoms with Crippen molar-refractivity contribution in [3.63, 3.8) is 0 Å². The molecule has 1 nitrogen and oxygen atoms in total. The molecule has 2 aliphatic carbocycles. The van der Waals surface area contributed by atoms with E-state index in [9.17, 15) is 9.50 Å². The molecule has 3 heteroatoms. The van der Waals surface area contributed by atoms with E-state index in [1.165, 1.54) is 12.5 Å². The molecule has 15 heavy (non-hydrogen) atoms. The normalized spacial score (nSPS) is 37.8. The van der Waals surface area contributed by atoms with Crippen molar-refractivity contribution in [2.45, 2.75) is 24.9 Å². The van der Waals surface area contributed by atoms with Gasteiger partial charge in [0.25, 0.3) is 0 Å². The zero-order chi connectivity index (χ0) is 10.6. The minimum Gasteiger partial charge on any atom is -0.384 e. The molecule has 3 rings (SSSR count). The van der Waals surface area contributed by atoms with Crippen molar-refractivity contribution in [2.24, 2.45) is 11.8 Å². The van der Waals surface area contributed by atoms with E-state index in [0.717, 1.165) is 12.8 Å². The Hall–Kier alpha value is -0.410. The monoisotopic (exact) mass is 270 g/mol. The maximum absolute atomic E-state index is 13.7. The minimum absolute atomic E-state index is 0.283. The topological polar surface area (TPSA) is 20.2 Å². The van der Waals surface area contributed by atoms with Crippen LogP contribution < -0.4 is 0 Å². The average molecular weight is 271 g/mol. The van der Waals surface area contributed by atoms with Crippen LogP contribution in [0.5, 0.6) is 0 Å². The Kier molecular flexibility index (Phi) is 1.99. The van der Waals surface area contributed by atoms with Gasteiger partial charge in [-0.1, -0.05) is 28.4 Å². The SMILES string of the molecule is OC1(c2c(F)cccc2Br)C2CCCC21. The first-order valence-corrected chi connectivity index (χ1v) is 6.12. The van der Waals surface area contributed by atoms with Gasteiger partial charge in [0.15, 0.2) is 0 Å². The van der Waals surface area contributed by atoms with Gasteiger partial charge in [0.1, 0.15) is 5.82 Å². The summed E-state index contributed by atoms with van der Waals surface area (Å²) in [4.78, 5) is 0. The van der Waals surface area contributed by atoms with Crippen LogP contribution in [0.4, 0.5) is 4.39 Å². The molecular formula is C12H12BrFO. The summed E-state index contributed by atoms with van der Waals surface area (Å²) in [7, 11) is 0. The molecule has 0 bridgehead atoms. The van der Waals surface area contributed by atoms with Gasteiger partial charge in [-0.05, 0) is 36.8 Å². The van der Waals surface area contributed by atoms with Crippen molar-refractivity contribution in [2.75, 3.05) is 0 Å². The number of benzene rings is 1. The van der Waals surface area contributed by atoms with Gasteiger partial charge in [-0.25, -0.2) is 4.39 Å². The van der Waals surface area contributed by atoms with Crippen molar-refractivity contribution < 1.29 is 9.50 Å². The Labute approximate surface area is 96.4 Å². The third-order valence-corrected chi connectivity index (χ3v) is 4.56. The lowest BCUT2D eigenvalue weighted by Gasteiger charge is -2.17. The van der Waals surface area contributed by atoms with E-state index in [-0.39, 0.29) is 17.7 Å². The summed E-state index contributed by atoms with van der Waals surface area (Å²) < 4.78 is 14.4. The van der Waals surface area contributed by atoms with E-state index < -0.39 is 5.60 Å². The van der Waals surface area contributed by atoms with E-state index in [2.05, 4.69) is 15.9 Å². The molecule has 2 fully saturated rings. The van der Waals surface area contributed by atoms with Gasteiger partial charge in [-0.15, -0.1) is 0 Å². The van der Waals surface area contributed by atoms with E-state index in [1.54, 1.807) is 12.1 Å². The van der Waals surface area contributed by atoms with Crippen LogP contribution in [0.2, 0.25) is 0 Å². The molecule has 1 aromatic carbocycles. The van der Waals surface area contributed by atoms with Crippen molar-refractivity contribution in [3.05, 3.63) is 34.1 Å². The predicted octanol–water partition coefficient (Wildman–Crippen LogP) is 3.21. The first-order chi connectivity index (χ1) is 7.15. The number of halogens is 2. The summed E-state index contributed by atoms with van der Waals surface area (Å²) >= 11 is 3.33. The fourth-order valence-electron chi connectivity index (χ4n) is 3.17. The van der Waals surface area contributed by atoms with E-state index >= 15 is 0 Å². The van der Waals surface area contributed by atoms with Crippen LogP contribution in [0.3, 0.4) is 0 Å². The minimum atomic E-state index is -0.886. The summed E-state index contributed by atoms with van der Waals surface area (Å²) in [5.41, 5.74) is -0.415. The second kappa shape index (κ2) is 3.05. The van der Waals surface area contributed by atoms with E-state index in [1.807, 2.05) is 0 Å². The maximum atomic E-state index is 13.7. The van der Waals surface area contributed by atoms with Gasteiger partial charge in [0.2, 0.25) is 0 Å². The molecule has 1 aromatic rings. The summed E-state index contributed by atoms with van der Waals surface area (Å²) in [5.74, 6) is 0.276. The molecule has 0 saturated heterocycles. The Balaban J connectivity index is 2.07. The number of aliphatic hydroxyl groups is 1. The third-order valence-electron chi connectivity index (χ3n) is 3.90. The van der Waals surface area contributed by atoms with Crippen molar-refractivity contribution in [3.8, 4) is 0 Å². The van der Waals surface area contributed by atoms with Crippen LogP contribution in [0.1, 0.15) is 24.8 Å².